The first-order chi connectivity index (χ1) is 26.6. The molecule has 0 amide bonds. The second-order valence-electron chi connectivity index (χ2n) is 14.9. The summed E-state index contributed by atoms with van der Waals surface area (Å²) in [6, 6.07) is 0. The van der Waals surface area contributed by atoms with Crippen molar-refractivity contribution in [3.8, 4) is 0 Å². The Labute approximate surface area is 333 Å². The molecule has 0 aromatic heterocycles. The zero-order chi connectivity index (χ0) is 40.4. The second-order valence-corrected chi connectivity index (χ2v) is 16.0. The number of unbranched alkanes of at least 4 members (excludes halogenated alkanes) is 20. The van der Waals surface area contributed by atoms with Gasteiger partial charge in [0.15, 0.2) is 6.29 Å². The van der Waals surface area contributed by atoms with E-state index in [0.717, 1.165) is 51.4 Å². The molecule has 1 saturated heterocycles. The van der Waals surface area contributed by atoms with Crippen LogP contribution in [0.15, 0.2) is 24.3 Å². The van der Waals surface area contributed by atoms with Crippen LogP contribution in [0.25, 0.3) is 0 Å². The Morgan fingerprint density at radius 3 is 1.76 bits per heavy atom. The molecule has 6 unspecified atom stereocenters. The van der Waals surface area contributed by atoms with Gasteiger partial charge in [-0.2, -0.15) is 8.42 Å². The van der Waals surface area contributed by atoms with Gasteiger partial charge in [-0.25, -0.2) is 4.18 Å². The summed E-state index contributed by atoms with van der Waals surface area (Å²) in [4.78, 5) is 12.8. The maximum absolute atomic E-state index is 12.8. The highest BCUT2D eigenvalue weighted by molar-refractivity contribution is 7.80. The predicted octanol–water partition coefficient (Wildman–Crippen LogP) is 8.46. The third-order valence-corrected chi connectivity index (χ3v) is 10.3. The normalized spacial score (nSPS) is 21.2. The van der Waals surface area contributed by atoms with Crippen LogP contribution in [0.3, 0.4) is 0 Å². The van der Waals surface area contributed by atoms with E-state index in [4.69, 9.17) is 23.5 Å². The molecule has 1 aliphatic rings. The molecule has 55 heavy (non-hydrogen) atoms. The first-order valence-corrected chi connectivity index (χ1v) is 23.0. The van der Waals surface area contributed by atoms with Crippen molar-refractivity contribution < 1.29 is 56.2 Å². The fourth-order valence-corrected chi connectivity index (χ4v) is 7.03. The van der Waals surface area contributed by atoms with Crippen LogP contribution in [-0.4, -0.2) is 97.5 Å². The number of esters is 1. The van der Waals surface area contributed by atoms with Crippen molar-refractivity contribution in [3.63, 3.8) is 0 Å². The highest BCUT2D eigenvalue weighted by Gasteiger charge is 2.48. The third kappa shape index (κ3) is 28.6. The molecule has 1 aliphatic heterocycles. The third-order valence-electron chi connectivity index (χ3n) is 9.83. The van der Waals surface area contributed by atoms with Crippen LogP contribution in [0, 0.1) is 0 Å². The average Bonchev–Trinajstić information content (AvgIpc) is 3.15. The molecule has 0 aromatic carbocycles. The molecule has 13 heteroatoms. The Morgan fingerprint density at radius 2 is 1.20 bits per heavy atom. The summed E-state index contributed by atoms with van der Waals surface area (Å²) in [5.41, 5.74) is 0. The summed E-state index contributed by atoms with van der Waals surface area (Å²) in [6.45, 7) is 3.95. The maximum Gasteiger partial charge on any atom is 0.397 e. The zero-order valence-corrected chi connectivity index (χ0v) is 35.1. The maximum atomic E-state index is 12.8. The number of allylic oxidation sites excluding steroid dienone is 4. The molecule has 1 fully saturated rings. The molecular formula is C42H78O12S. The lowest BCUT2D eigenvalue weighted by atomic mass is 9.99. The number of hydrogen-bond acceptors (Lipinski definition) is 11. The van der Waals surface area contributed by atoms with Crippen LogP contribution in [0.4, 0.5) is 0 Å². The van der Waals surface area contributed by atoms with E-state index in [1.807, 2.05) is 0 Å². The number of carbonyl (C=O) groups excluding carboxylic acids is 1. The number of rotatable bonds is 37. The molecule has 0 aliphatic carbocycles. The Balaban J connectivity index is 2.45. The molecule has 0 radical (unpaired) electrons. The van der Waals surface area contributed by atoms with Gasteiger partial charge in [-0.15, -0.1) is 0 Å². The highest BCUT2D eigenvalue weighted by atomic mass is 32.3. The van der Waals surface area contributed by atoms with Gasteiger partial charge in [-0.1, -0.05) is 147 Å². The van der Waals surface area contributed by atoms with Crippen LogP contribution < -0.4 is 0 Å². The van der Waals surface area contributed by atoms with E-state index >= 15 is 0 Å². The summed E-state index contributed by atoms with van der Waals surface area (Å²) in [7, 11) is -5.06. The van der Waals surface area contributed by atoms with E-state index in [-0.39, 0.29) is 19.6 Å². The van der Waals surface area contributed by atoms with E-state index < -0.39 is 59.8 Å². The molecule has 324 valence electrons. The van der Waals surface area contributed by atoms with E-state index in [2.05, 4.69) is 42.3 Å². The van der Waals surface area contributed by atoms with E-state index in [1.54, 1.807) is 0 Å². The van der Waals surface area contributed by atoms with E-state index in [0.29, 0.717) is 13.0 Å². The van der Waals surface area contributed by atoms with Gasteiger partial charge in [0.25, 0.3) is 0 Å². The van der Waals surface area contributed by atoms with Gasteiger partial charge in [0.1, 0.15) is 30.5 Å². The molecule has 12 nitrogen and oxygen atoms in total. The van der Waals surface area contributed by atoms with Gasteiger partial charge >= 0.3 is 16.4 Å². The lowest BCUT2D eigenvalue weighted by Gasteiger charge is -2.41. The quantitative estimate of drug-likeness (QED) is 0.0204. The van der Waals surface area contributed by atoms with Gasteiger partial charge in [-0.3, -0.25) is 9.35 Å². The van der Waals surface area contributed by atoms with Crippen LogP contribution in [-0.2, 0) is 38.3 Å². The first-order valence-electron chi connectivity index (χ1n) is 21.6. The van der Waals surface area contributed by atoms with Crippen molar-refractivity contribution in [3.05, 3.63) is 24.3 Å². The van der Waals surface area contributed by atoms with Gasteiger partial charge in [0, 0.05) is 13.0 Å². The lowest BCUT2D eigenvalue weighted by molar-refractivity contribution is -0.301. The Kier molecular flexibility index (Phi) is 32.5. The number of hydrogen-bond donors (Lipinski definition) is 4. The van der Waals surface area contributed by atoms with Crippen molar-refractivity contribution in [2.24, 2.45) is 0 Å². The Bertz CT molecular complexity index is 1070. The highest BCUT2D eigenvalue weighted by Crippen LogP contribution is 2.26. The molecule has 0 aromatic rings. The summed E-state index contributed by atoms with van der Waals surface area (Å²) in [5, 5.41) is 30.6. The SMILES string of the molecule is CCCCC/C=C\C/C=C\CCCCCCCCCC(=O)OC(COCCCCCCCCCCCCC)COC1OC(CO)C(O)C(OS(=O)(=O)O)C1O. The van der Waals surface area contributed by atoms with Crippen molar-refractivity contribution in [1.29, 1.82) is 0 Å². The monoisotopic (exact) mass is 807 g/mol. The lowest BCUT2D eigenvalue weighted by Crippen LogP contribution is -2.60. The van der Waals surface area contributed by atoms with Crippen molar-refractivity contribution >= 4 is 16.4 Å². The van der Waals surface area contributed by atoms with Crippen molar-refractivity contribution in [2.45, 2.75) is 211 Å². The zero-order valence-electron chi connectivity index (χ0n) is 34.2. The molecule has 0 bridgehead atoms. The number of aliphatic hydroxyl groups excluding tert-OH is 3. The summed E-state index contributed by atoms with van der Waals surface area (Å²) in [6.07, 6.45) is 27.8. The predicted molar refractivity (Wildman–Crippen MR) is 216 cm³/mol. The topological polar surface area (TPSA) is 178 Å². The van der Waals surface area contributed by atoms with E-state index in [1.165, 1.54) is 96.3 Å². The van der Waals surface area contributed by atoms with Gasteiger partial charge in [0.05, 0.1) is 19.8 Å². The second kappa shape index (κ2) is 34.6. The Hall–Kier alpha value is -1.42. The summed E-state index contributed by atoms with van der Waals surface area (Å²) >= 11 is 0. The minimum absolute atomic E-state index is 0.0360. The fourth-order valence-electron chi connectivity index (χ4n) is 6.53. The fraction of sp³-hybridized carbons (Fsp3) is 0.881. The molecule has 6 atom stereocenters. The summed E-state index contributed by atoms with van der Waals surface area (Å²) < 4.78 is 58.9. The van der Waals surface area contributed by atoms with Gasteiger partial charge < -0.3 is 34.3 Å². The van der Waals surface area contributed by atoms with Crippen LogP contribution in [0.5, 0.6) is 0 Å². The molecular weight excluding hydrogens is 729 g/mol. The minimum atomic E-state index is -5.06. The van der Waals surface area contributed by atoms with Gasteiger partial charge in [-0.05, 0) is 44.9 Å². The number of carbonyl (C=O) groups is 1. The molecule has 0 spiro atoms. The van der Waals surface area contributed by atoms with Crippen molar-refractivity contribution in [1.82, 2.24) is 0 Å². The van der Waals surface area contributed by atoms with Crippen LogP contribution >= 0.6 is 0 Å². The van der Waals surface area contributed by atoms with Crippen LogP contribution in [0.2, 0.25) is 0 Å². The average molecular weight is 807 g/mol. The number of ether oxygens (including phenoxy) is 4. The minimum Gasteiger partial charge on any atom is -0.457 e. The van der Waals surface area contributed by atoms with Crippen LogP contribution in [0.1, 0.15) is 174 Å². The molecule has 1 rings (SSSR count). The smallest absolute Gasteiger partial charge is 0.397 e. The first kappa shape index (κ1) is 51.6. The van der Waals surface area contributed by atoms with Crippen molar-refractivity contribution in [2.75, 3.05) is 26.4 Å². The molecule has 4 N–H and O–H groups in total. The van der Waals surface area contributed by atoms with E-state index in [9.17, 15) is 28.5 Å². The number of aliphatic hydroxyl groups is 3. The Morgan fingerprint density at radius 1 is 0.691 bits per heavy atom. The summed E-state index contributed by atoms with van der Waals surface area (Å²) in [5.74, 6) is -0.407. The molecule has 1 heterocycles. The van der Waals surface area contributed by atoms with Gasteiger partial charge in [0.2, 0.25) is 0 Å². The largest absolute Gasteiger partial charge is 0.457 e. The molecule has 0 saturated carbocycles. The standard InChI is InChI=1S/C42H78O12S/c1-3-5-7-9-11-13-15-16-17-18-19-20-21-23-25-27-29-31-38(44)52-36(34-50-32-30-28-26-24-22-14-12-10-8-6-4-2)35-51-42-40(46)41(54-55(47,48)49)39(45)37(33-43)53-42/h11,13,16-17,36-37,39-43,45-46H,3-10,12,14-15,18-35H2,1-2H3,(H,47,48,49)/b13-11-,17-16-.